The molecule has 0 fully saturated rings. The van der Waals surface area contributed by atoms with Gasteiger partial charge in [-0.05, 0) is 30.3 Å². The Morgan fingerprint density at radius 1 is 1.37 bits per heavy atom. The number of halogens is 2. The molecule has 0 aliphatic carbocycles. The van der Waals surface area contributed by atoms with E-state index in [0.29, 0.717) is 10.0 Å². The predicted octanol–water partition coefficient (Wildman–Crippen LogP) is 4.32. The summed E-state index contributed by atoms with van der Waals surface area (Å²) >= 11 is 10.5. The zero-order valence-electron chi connectivity index (χ0n) is 9.56. The summed E-state index contributed by atoms with van der Waals surface area (Å²) in [5, 5.41) is 6.48. The van der Waals surface area contributed by atoms with Crippen molar-refractivity contribution in [3.05, 3.63) is 50.1 Å². The monoisotopic (exact) mass is 357 g/mol. The Morgan fingerprint density at radius 3 is 2.89 bits per heavy atom. The Morgan fingerprint density at radius 2 is 2.21 bits per heavy atom. The highest BCUT2D eigenvalue weighted by molar-refractivity contribution is 9.10. The maximum atomic E-state index is 11.5. The van der Waals surface area contributed by atoms with Crippen molar-refractivity contribution in [3.63, 3.8) is 0 Å². The maximum Gasteiger partial charge on any atom is 0.339 e. The highest BCUT2D eigenvalue weighted by Crippen LogP contribution is 2.19. The van der Waals surface area contributed by atoms with Gasteiger partial charge in [-0.3, -0.25) is 0 Å². The molecule has 2 aromatic rings. The lowest BCUT2D eigenvalue weighted by Crippen LogP contribution is -2.24. The molecule has 2 amide bonds. The lowest BCUT2D eigenvalue weighted by atomic mass is 10.3. The van der Waals surface area contributed by atoms with Gasteiger partial charge in [0.15, 0.2) is 0 Å². The lowest BCUT2D eigenvalue weighted by Gasteiger charge is -2.03. The number of amides is 2. The van der Waals surface area contributed by atoms with Crippen molar-refractivity contribution in [2.24, 2.45) is 5.10 Å². The fraction of sp³-hybridized carbons (Fsp3) is 0. The number of thiophene rings is 1. The summed E-state index contributed by atoms with van der Waals surface area (Å²) in [6, 6.07) is 10.5. The molecule has 19 heavy (non-hydrogen) atoms. The van der Waals surface area contributed by atoms with Gasteiger partial charge >= 0.3 is 6.03 Å². The quantitative estimate of drug-likeness (QED) is 0.623. The number of carbonyl (C=O) groups excluding carboxylic acids is 1. The standard InChI is InChI=1S/C12H9BrClN3OS/c13-8-2-1-3-9(6-8)16-12(18)17-15-7-10-4-5-11(14)19-10/h1-7H,(H2,16,17,18)/b15-7+. The van der Waals surface area contributed by atoms with Crippen LogP contribution in [0.25, 0.3) is 0 Å². The van der Waals surface area contributed by atoms with Gasteiger partial charge < -0.3 is 5.32 Å². The van der Waals surface area contributed by atoms with E-state index in [4.69, 9.17) is 11.6 Å². The predicted molar refractivity (Wildman–Crippen MR) is 83.2 cm³/mol. The maximum absolute atomic E-state index is 11.5. The van der Waals surface area contributed by atoms with E-state index in [1.807, 2.05) is 18.2 Å². The zero-order chi connectivity index (χ0) is 13.7. The largest absolute Gasteiger partial charge is 0.339 e. The summed E-state index contributed by atoms with van der Waals surface area (Å²) in [6.45, 7) is 0. The summed E-state index contributed by atoms with van der Waals surface area (Å²) in [5.41, 5.74) is 3.06. The first-order valence-corrected chi connectivity index (χ1v) is 7.23. The van der Waals surface area contributed by atoms with Crippen molar-refractivity contribution < 1.29 is 4.79 Å². The van der Waals surface area contributed by atoms with Crippen LogP contribution in [0.2, 0.25) is 4.34 Å². The number of carbonyl (C=O) groups is 1. The molecule has 0 aliphatic heterocycles. The minimum atomic E-state index is -0.406. The first-order chi connectivity index (χ1) is 9.13. The smallest absolute Gasteiger partial charge is 0.306 e. The molecule has 1 aromatic heterocycles. The zero-order valence-corrected chi connectivity index (χ0v) is 12.7. The number of hydrazone groups is 1. The molecule has 0 bridgehead atoms. The van der Waals surface area contributed by atoms with Crippen LogP contribution in [-0.2, 0) is 0 Å². The van der Waals surface area contributed by atoms with Gasteiger partial charge in [-0.15, -0.1) is 11.3 Å². The van der Waals surface area contributed by atoms with Crippen molar-refractivity contribution in [1.82, 2.24) is 5.43 Å². The Hall–Kier alpha value is -1.37. The summed E-state index contributed by atoms with van der Waals surface area (Å²) in [7, 11) is 0. The molecule has 0 saturated heterocycles. The number of hydrogen-bond acceptors (Lipinski definition) is 3. The van der Waals surface area contributed by atoms with Crippen LogP contribution in [0.3, 0.4) is 0 Å². The van der Waals surface area contributed by atoms with E-state index >= 15 is 0 Å². The molecule has 0 spiro atoms. The second kappa shape index (κ2) is 6.70. The van der Waals surface area contributed by atoms with Gasteiger partial charge in [-0.2, -0.15) is 5.10 Å². The molecule has 1 heterocycles. The third-order valence-electron chi connectivity index (χ3n) is 2.03. The molecule has 0 saturated carbocycles. The molecule has 0 unspecified atom stereocenters. The lowest BCUT2D eigenvalue weighted by molar-refractivity contribution is 0.252. The van der Waals surface area contributed by atoms with Crippen LogP contribution >= 0.6 is 38.9 Å². The van der Waals surface area contributed by atoms with E-state index in [1.165, 1.54) is 17.6 Å². The first kappa shape index (κ1) is 14.0. The van der Waals surface area contributed by atoms with Crippen molar-refractivity contribution in [2.45, 2.75) is 0 Å². The van der Waals surface area contributed by atoms with Gasteiger partial charge in [0.1, 0.15) is 0 Å². The highest BCUT2D eigenvalue weighted by atomic mass is 79.9. The SMILES string of the molecule is O=C(N/N=C/c1ccc(Cl)s1)Nc1cccc(Br)c1. The summed E-state index contributed by atoms with van der Waals surface area (Å²) in [6.07, 6.45) is 1.54. The topological polar surface area (TPSA) is 53.5 Å². The van der Waals surface area contributed by atoms with Crippen LogP contribution in [0.5, 0.6) is 0 Å². The molecule has 4 nitrogen and oxygen atoms in total. The van der Waals surface area contributed by atoms with Crippen molar-refractivity contribution >= 4 is 56.8 Å². The van der Waals surface area contributed by atoms with Crippen molar-refractivity contribution in [2.75, 3.05) is 5.32 Å². The van der Waals surface area contributed by atoms with Crippen LogP contribution in [0.1, 0.15) is 4.88 Å². The van der Waals surface area contributed by atoms with Crippen LogP contribution in [0.15, 0.2) is 46.0 Å². The van der Waals surface area contributed by atoms with Crippen LogP contribution in [0, 0.1) is 0 Å². The van der Waals surface area contributed by atoms with E-state index < -0.39 is 6.03 Å². The van der Waals surface area contributed by atoms with Crippen molar-refractivity contribution in [3.8, 4) is 0 Å². The number of urea groups is 1. The first-order valence-electron chi connectivity index (χ1n) is 5.24. The Labute approximate surface area is 127 Å². The molecule has 0 aliphatic rings. The summed E-state index contributed by atoms with van der Waals surface area (Å²) in [4.78, 5) is 12.4. The molecule has 2 N–H and O–H groups in total. The van der Waals surface area contributed by atoms with Gasteiger partial charge in [-0.1, -0.05) is 33.6 Å². The molecule has 1 aromatic carbocycles. The second-order valence-corrected chi connectivity index (χ2v) is 6.14. The fourth-order valence-corrected chi connectivity index (χ4v) is 2.61. The molecular weight excluding hydrogens is 350 g/mol. The van der Waals surface area contributed by atoms with Crippen LogP contribution in [0.4, 0.5) is 10.5 Å². The van der Waals surface area contributed by atoms with Crippen LogP contribution in [-0.4, -0.2) is 12.2 Å². The van der Waals surface area contributed by atoms with Gasteiger partial charge in [-0.25, -0.2) is 10.2 Å². The summed E-state index contributed by atoms with van der Waals surface area (Å²) in [5.74, 6) is 0. The molecule has 0 radical (unpaired) electrons. The Bertz CT molecular complexity index is 615. The van der Waals surface area contributed by atoms with Crippen LogP contribution < -0.4 is 10.7 Å². The van der Waals surface area contributed by atoms with E-state index in [1.54, 1.807) is 18.2 Å². The fourth-order valence-electron chi connectivity index (χ4n) is 1.28. The average molecular weight is 359 g/mol. The van der Waals surface area contributed by atoms with Gasteiger partial charge in [0.05, 0.1) is 10.6 Å². The number of nitrogens with zero attached hydrogens (tertiary/aromatic N) is 1. The molecule has 98 valence electrons. The number of rotatable bonds is 3. The number of anilines is 1. The normalized spacial score (nSPS) is 10.6. The minimum absolute atomic E-state index is 0.406. The van der Waals surface area contributed by atoms with Gasteiger partial charge in [0, 0.05) is 15.0 Å². The van der Waals surface area contributed by atoms with E-state index in [9.17, 15) is 4.79 Å². The number of benzene rings is 1. The second-order valence-electron chi connectivity index (χ2n) is 3.48. The molecular formula is C12H9BrClN3OS. The Kier molecular flexibility index (Phi) is 4.95. The third-order valence-corrected chi connectivity index (χ3v) is 3.69. The number of hydrogen-bond donors (Lipinski definition) is 2. The minimum Gasteiger partial charge on any atom is -0.306 e. The molecule has 7 heteroatoms. The highest BCUT2D eigenvalue weighted by Gasteiger charge is 2.00. The van der Waals surface area contributed by atoms with Gasteiger partial charge in [0.25, 0.3) is 0 Å². The number of nitrogens with one attached hydrogen (secondary N) is 2. The average Bonchev–Trinajstić information content (AvgIpc) is 2.75. The molecule has 0 atom stereocenters. The van der Waals surface area contributed by atoms with Crippen molar-refractivity contribution in [1.29, 1.82) is 0 Å². The third kappa shape index (κ3) is 4.66. The molecule has 2 rings (SSSR count). The Balaban J connectivity index is 1.86. The van der Waals surface area contributed by atoms with E-state index in [2.05, 4.69) is 31.8 Å². The van der Waals surface area contributed by atoms with Gasteiger partial charge in [0.2, 0.25) is 0 Å². The van der Waals surface area contributed by atoms with E-state index in [-0.39, 0.29) is 0 Å². The summed E-state index contributed by atoms with van der Waals surface area (Å²) < 4.78 is 1.57. The van der Waals surface area contributed by atoms with E-state index in [0.717, 1.165) is 9.35 Å².